The van der Waals surface area contributed by atoms with Gasteiger partial charge in [0.15, 0.2) is 0 Å². The number of ether oxygens (including phenoxy) is 1. The minimum Gasteiger partial charge on any atom is -0.495 e. The van der Waals surface area contributed by atoms with E-state index in [2.05, 4.69) is 41.3 Å². The fourth-order valence-corrected chi connectivity index (χ4v) is 2.85. The standard InChI is InChI=1S/C17H20N2O/c1-20-16-9-5-8-14(10-18)17(16)19-11-15(12-19)13-6-3-2-4-7-13/h2-9,15H,10-12,18H2,1H3. The van der Waals surface area contributed by atoms with Gasteiger partial charge >= 0.3 is 0 Å². The van der Waals surface area contributed by atoms with Crippen molar-refractivity contribution in [2.24, 2.45) is 5.73 Å². The summed E-state index contributed by atoms with van der Waals surface area (Å²) in [7, 11) is 1.72. The van der Waals surface area contributed by atoms with Crippen LogP contribution in [0.4, 0.5) is 5.69 Å². The zero-order chi connectivity index (χ0) is 13.9. The summed E-state index contributed by atoms with van der Waals surface area (Å²) in [5.41, 5.74) is 9.57. The van der Waals surface area contributed by atoms with E-state index in [0.29, 0.717) is 12.5 Å². The van der Waals surface area contributed by atoms with Crippen molar-refractivity contribution in [3.63, 3.8) is 0 Å². The normalized spacial score (nSPS) is 15.0. The molecule has 0 aromatic heterocycles. The summed E-state index contributed by atoms with van der Waals surface area (Å²) in [5, 5.41) is 0. The molecule has 0 radical (unpaired) electrons. The maximum Gasteiger partial charge on any atom is 0.142 e. The molecule has 0 bridgehead atoms. The minimum absolute atomic E-state index is 0.541. The first-order valence-corrected chi connectivity index (χ1v) is 6.99. The van der Waals surface area contributed by atoms with Gasteiger partial charge < -0.3 is 15.4 Å². The van der Waals surface area contributed by atoms with E-state index in [1.54, 1.807) is 7.11 Å². The summed E-state index contributed by atoms with van der Waals surface area (Å²) in [5.74, 6) is 1.52. The first-order chi connectivity index (χ1) is 9.83. The lowest BCUT2D eigenvalue weighted by molar-refractivity contribution is 0.408. The van der Waals surface area contributed by atoms with E-state index in [1.165, 1.54) is 5.56 Å². The smallest absolute Gasteiger partial charge is 0.142 e. The summed E-state index contributed by atoms with van der Waals surface area (Å²) in [6, 6.07) is 16.8. The lowest BCUT2D eigenvalue weighted by atomic mass is 9.90. The van der Waals surface area contributed by atoms with Crippen molar-refractivity contribution in [2.45, 2.75) is 12.5 Å². The Morgan fingerprint density at radius 3 is 2.50 bits per heavy atom. The zero-order valence-electron chi connectivity index (χ0n) is 11.8. The van der Waals surface area contributed by atoms with Crippen LogP contribution in [0, 0.1) is 0 Å². The Labute approximate surface area is 120 Å². The third-order valence-electron chi connectivity index (χ3n) is 3.99. The van der Waals surface area contributed by atoms with Crippen molar-refractivity contribution in [2.75, 3.05) is 25.1 Å². The molecule has 1 heterocycles. The maximum atomic E-state index is 5.85. The monoisotopic (exact) mass is 268 g/mol. The van der Waals surface area contributed by atoms with Crippen LogP contribution in [0.25, 0.3) is 0 Å². The summed E-state index contributed by atoms with van der Waals surface area (Å²) < 4.78 is 5.49. The Morgan fingerprint density at radius 1 is 1.10 bits per heavy atom. The molecule has 104 valence electrons. The van der Waals surface area contributed by atoms with E-state index in [1.807, 2.05) is 12.1 Å². The Balaban J connectivity index is 1.80. The predicted octanol–water partition coefficient (Wildman–Crippen LogP) is 2.76. The fraction of sp³-hybridized carbons (Fsp3) is 0.294. The topological polar surface area (TPSA) is 38.5 Å². The van der Waals surface area contributed by atoms with Crippen molar-refractivity contribution >= 4 is 5.69 Å². The van der Waals surface area contributed by atoms with Gasteiger partial charge in [-0.25, -0.2) is 0 Å². The highest BCUT2D eigenvalue weighted by Gasteiger charge is 2.31. The number of methoxy groups -OCH3 is 1. The number of nitrogens with two attached hydrogens (primary N) is 1. The Bertz CT molecular complexity index is 555. The molecule has 1 aliphatic heterocycles. The van der Waals surface area contributed by atoms with Gasteiger partial charge in [0.2, 0.25) is 0 Å². The van der Waals surface area contributed by atoms with Crippen molar-refractivity contribution in [1.82, 2.24) is 0 Å². The number of para-hydroxylation sites is 1. The minimum atomic E-state index is 0.541. The molecule has 0 unspecified atom stereocenters. The van der Waals surface area contributed by atoms with Gasteiger partial charge in [-0.2, -0.15) is 0 Å². The number of hydrogen-bond donors (Lipinski definition) is 1. The molecule has 1 fully saturated rings. The molecular formula is C17H20N2O. The molecule has 3 nitrogen and oxygen atoms in total. The molecule has 1 aliphatic rings. The van der Waals surface area contributed by atoms with Crippen molar-refractivity contribution in [3.8, 4) is 5.75 Å². The van der Waals surface area contributed by atoms with E-state index in [9.17, 15) is 0 Å². The van der Waals surface area contributed by atoms with E-state index < -0.39 is 0 Å². The van der Waals surface area contributed by atoms with Gasteiger partial charge in [-0.1, -0.05) is 42.5 Å². The molecule has 2 aromatic rings. The average molecular weight is 268 g/mol. The Kier molecular flexibility index (Phi) is 3.61. The largest absolute Gasteiger partial charge is 0.495 e. The molecule has 0 amide bonds. The van der Waals surface area contributed by atoms with Crippen LogP contribution in [-0.4, -0.2) is 20.2 Å². The quantitative estimate of drug-likeness (QED) is 0.926. The number of anilines is 1. The molecule has 0 saturated carbocycles. The maximum absolute atomic E-state index is 5.85. The first kappa shape index (κ1) is 13.0. The van der Waals surface area contributed by atoms with E-state index >= 15 is 0 Å². The molecule has 0 spiro atoms. The summed E-state index contributed by atoms with van der Waals surface area (Å²) in [6.45, 7) is 2.59. The molecule has 0 aliphatic carbocycles. The molecule has 2 N–H and O–H groups in total. The van der Waals surface area contributed by atoms with Gasteiger partial charge in [0.05, 0.1) is 12.8 Å². The Morgan fingerprint density at radius 2 is 1.85 bits per heavy atom. The van der Waals surface area contributed by atoms with Crippen molar-refractivity contribution in [3.05, 3.63) is 59.7 Å². The number of rotatable bonds is 4. The molecule has 20 heavy (non-hydrogen) atoms. The predicted molar refractivity (Wildman–Crippen MR) is 82.3 cm³/mol. The van der Waals surface area contributed by atoms with Crippen LogP contribution in [0.5, 0.6) is 5.75 Å². The summed E-state index contributed by atoms with van der Waals surface area (Å²) in [6.07, 6.45) is 0. The van der Waals surface area contributed by atoms with E-state index in [0.717, 1.165) is 30.1 Å². The van der Waals surface area contributed by atoms with Crippen LogP contribution in [-0.2, 0) is 6.54 Å². The third-order valence-corrected chi connectivity index (χ3v) is 3.99. The highest BCUT2D eigenvalue weighted by atomic mass is 16.5. The van der Waals surface area contributed by atoms with E-state index in [-0.39, 0.29) is 0 Å². The van der Waals surface area contributed by atoms with Crippen molar-refractivity contribution in [1.29, 1.82) is 0 Å². The third kappa shape index (κ3) is 2.25. The molecule has 3 heteroatoms. The van der Waals surface area contributed by atoms with Gasteiger partial charge in [0.1, 0.15) is 5.75 Å². The first-order valence-electron chi connectivity index (χ1n) is 6.99. The second kappa shape index (κ2) is 5.55. The van der Waals surface area contributed by atoms with Crippen molar-refractivity contribution < 1.29 is 4.74 Å². The van der Waals surface area contributed by atoms with Crippen LogP contribution in [0.1, 0.15) is 17.0 Å². The lowest BCUT2D eigenvalue weighted by Crippen LogP contribution is -2.45. The van der Waals surface area contributed by atoms with E-state index in [4.69, 9.17) is 10.5 Å². The number of benzene rings is 2. The second-order valence-corrected chi connectivity index (χ2v) is 5.18. The molecule has 3 rings (SSSR count). The van der Waals surface area contributed by atoms with Crippen LogP contribution < -0.4 is 15.4 Å². The van der Waals surface area contributed by atoms with Gasteiger partial charge in [0, 0.05) is 25.6 Å². The Hall–Kier alpha value is -2.00. The van der Waals surface area contributed by atoms with Crippen LogP contribution >= 0.6 is 0 Å². The van der Waals surface area contributed by atoms with Gasteiger partial charge in [-0.15, -0.1) is 0 Å². The molecular weight excluding hydrogens is 248 g/mol. The fourth-order valence-electron chi connectivity index (χ4n) is 2.85. The molecule has 0 atom stereocenters. The van der Waals surface area contributed by atoms with Crippen LogP contribution in [0.3, 0.4) is 0 Å². The zero-order valence-corrected chi connectivity index (χ0v) is 11.8. The SMILES string of the molecule is COc1cccc(CN)c1N1CC(c2ccccc2)C1. The number of hydrogen-bond acceptors (Lipinski definition) is 3. The lowest BCUT2D eigenvalue weighted by Gasteiger charge is -2.42. The van der Waals surface area contributed by atoms with Gasteiger partial charge in [0.25, 0.3) is 0 Å². The highest BCUT2D eigenvalue weighted by molar-refractivity contribution is 5.66. The number of nitrogens with zero attached hydrogens (tertiary/aromatic N) is 1. The van der Waals surface area contributed by atoms with Gasteiger partial charge in [-0.05, 0) is 17.2 Å². The average Bonchev–Trinajstić information content (AvgIpc) is 2.47. The molecule has 2 aromatic carbocycles. The van der Waals surface area contributed by atoms with Crippen LogP contribution in [0.15, 0.2) is 48.5 Å². The summed E-state index contributed by atoms with van der Waals surface area (Å²) >= 11 is 0. The van der Waals surface area contributed by atoms with Gasteiger partial charge in [-0.3, -0.25) is 0 Å². The van der Waals surface area contributed by atoms with Crippen LogP contribution in [0.2, 0.25) is 0 Å². The molecule has 1 saturated heterocycles. The second-order valence-electron chi connectivity index (χ2n) is 5.18. The highest BCUT2D eigenvalue weighted by Crippen LogP contribution is 2.39. The summed E-state index contributed by atoms with van der Waals surface area (Å²) in [4.78, 5) is 2.36.